The van der Waals surface area contributed by atoms with Crippen LogP contribution in [0.2, 0.25) is 0 Å². The molecule has 1 aliphatic heterocycles. The van der Waals surface area contributed by atoms with Crippen molar-refractivity contribution in [1.29, 1.82) is 0 Å². The van der Waals surface area contributed by atoms with Gasteiger partial charge in [-0.05, 0) is 41.1 Å². The molecule has 2 aromatic carbocycles. The highest BCUT2D eigenvalue weighted by Gasteiger charge is 2.48. The first-order valence-corrected chi connectivity index (χ1v) is 8.45. The fourth-order valence-electron chi connectivity index (χ4n) is 2.35. The molecule has 1 N–H and O–H groups in total. The highest BCUT2D eigenvalue weighted by atomic mass is 32.3. The fourth-order valence-corrected chi connectivity index (χ4v) is 5.42. The molecule has 3 heteroatoms. The van der Waals surface area contributed by atoms with Gasteiger partial charge in [-0.1, -0.05) is 49.7 Å². The van der Waals surface area contributed by atoms with Crippen LogP contribution in [-0.4, -0.2) is 11.0 Å². The minimum atomic E-state index is -1.12. The fraction of sp³-hybridized carbons (Fsp3) is 0.250. The van der Waals surface area contributed by atoms with Gasteiger partial charge < -0.3 is 0 Å². The first-order chi connectivity index (χ1) is 9.38. The van der Waals surface area contributed by atoms with E-state index in [2.05, 4.69) is 76.8 Å². The van der Waals surface area contributed by atoms with Gasteiger partial charge in [0.15, 0.2) is 0 Å². The van der Waals surface area contributed by atoms with E-state index in [0.29, 0.717) is 0 Å². The summed E-state index contributed by atoms with van der Waals surface area (Å²) < 4.78 is 2.43. The van der Waals surface area contributed by atoms with Crippen molar-refractivity contribution < 1.29 is 0 Å². The summed E-state index contributed by atoms with van der Waals surface area (Å²) in [6, 6.07) is 21.6. The van der Waals surface area contributed by atoms with Gasteiger partial charge in [0.05, 0.1) is 0 Å². The predicted octanol–water partition coefficient (Wildman–Crippen LogP) is 4.36. The second-order valence-corrected chi connectivity index (χ2v) is 7.48. The third kappa shape index (κ3) is 2.29. The molecule has 2 aromatic rings. The quantitative estimate of drug-likeness (QED) is 0.818. The Morgan fingerprint density at radius 2 is 1.42 bits per heavy atom. The summed E-state index contributed by atoms with van der Waals surface area (Å²) in [6.45, 7) is 3.36. The summed E-state index contributed by atoms with van der Waals surface area (Å²) in [5.41, 5.74) is 0. The Hall–Kier alpha value is -1.29. The molecule has 0 aliphatic carbocycles. The number of hydrazine groups is 1. The number of benzene rings is 2. The van der Waals surface area contributed by atoms with E-state index in [1.807, 2.05) is 0 Å². The lowest BCUT2D eigenvalue weighted by Crippen LogP contribution is -2.02. The standard InChI is InChI=1S/C16H20N2S/c1-2-3-14-18-17-19(18,15-10-6-4-7-11-15)16-12-8-5-9-13-16/h4-13,17H,2-3,14H2,1H3. The topological polar surface area (TPSA) is 25.0 Å². The van der Waals surface area contributed by atoms with Gasteiger partial charge in [-0.25, -0.2) is 0 Å². The van der Waals surface area contributed by atoms with E-state index >= 15 is 0 Å². The number of nitrogens with zero attached hydrogens (tertiary/aromatic N) is 1. The van der Waals surface area contributed by atoms with Crippen LogP contribution < -0.4 is 4.83 Å². The van der Waals surface area contributed by atoms with Crippen molar-refractivity contribution in [2.24, 2.45) is 0 Å². The van der Waals surface area contributed by atoms with Gasteiger partial charge in [-0.2, -0.15) is 9.25 Å². The zero-order chi connectivity index (χ0) is 13.1. The normalized spacial score (nSPS) is 21.8. The second kappa shape index (κ2) is 5.37. The van der Waals surface area contributed by atoms with E-state index < -0.39 is 10.4 Å². The van der Waals surface area contributed by atoms with Crippen molar-refractivity contribution >= 4 is 10.4 Å². The smallest absolute Gasteiger partial charge is 0.0257 e. The molecule has 0 radical (unpaired) electrons. The SMILES string of the molecule is CCCCN1NS1(c1ccccc1)c1ccccc1. The number of hydrogen-bond acceptors (Lipinski definition) is 2. The lowest BCUT2D eigenvalue weighted by Gasteiger charge is -2.20. The van der Waals surface area contributed by atoms with Gasteiger partial charge in [0, 0.05) is 16.3 Å². The lowest BCUT2D eigenvalue weighted by molar-refractivity contribution is 0.522. The Kier molecular flexibility index (Phi) is 3.60. The van der Waals surface area contributed by atoms with E-state index in [1.54, 1.807) is 0 Å². The van der Waals surface area contributed by atoms with Crippen LogP contribution in [0.1, 0.15) is 19.8 Å². The van der Waals surface area contributed by atoms with Crippen LogP contribution in [0.4, 0.5) is 0 Å². The van der Waals surface area contributed by atoms with E-state index in [0.717, 1.165) is 6.54 Å². The maximum atomic E-state index is 3.67. The minimum Gasteiger partial charge on any atom is -0.185 e. The Morgan fingerprint density at radius 3 is 1.89 bits per heavy atom. The Morgan fingerprint density at radius 1 is 0.895 bits per heavy atom. The highest BCUT2D eigenvalue weighted by Crippen LogP contribution is 2.71. The van der Waals surface area contributed by atoms with E-state index in [9.17, 15) is 0 Å². The van der Waals surface area contributed by atoms with Crippen LogP contribution in [0, 0.1) is 0 Å². The molecule has 0 spiro atoms. The van der Waals surface area contributed by atoms with Gasteiger partial charge in [0.1, 0.15) is 0 Å². The molecule has 0 bridgehead atoms. The molecule has 3 rings (SSSR count). The molecule has 1 unspecified atom stereocenters. The van der Waals surface area contributed by atoms with Crippen molar-refractivity contribution in [3.63, 3.8) is 0 Å². The third-order valence-electron chi connectivity index (χ3n) is 3.42. The molecular weight excluding hydrogens is 252 g/mol. The van der Waals surface area contributed by atoms with Crippen LogP contribution in [-0.2, 0) is 0 Å². The third-order valence-corrected chi connectivity index (χ3v) is 6.57. The van der Waals surface area contributed by atoms with Crippen molar-refractivity contribution in [3.05, 3.63) is 60.7 Å². The second-order valence-electron chi connectivity index (χ2n) is 4.75. The highest BCUT2D eigenvalue weighted by molar-refractivity contribution is 8.34. The van der Waals surface area contributed by atoms with Crippen LogP contribution >= 0.6 is 10.4 Å². The first-order valence-electron chi connectivity index (χ1n) is 6.86. The van der Waals surface area contributed by atoms with E-state index in [-0.39, 0.29) is 0 Å². The van der Waals surface area contributed by atoms with Crippen LogP contribution in [0.3, 0.4) is 0 Å². The molecule has 1 heterocycles. The Labute approximate surface area is 117 Å². The van der Waals surface area contributed by atoms with E-state index in [4.69, 9.17) is 0 Å². The molecule has 1 saturated heterocycles. The van der Waals surface area contributed by atoms with Gasteiger partial charge >= 0.3 is 0 Å². The van der Waals surface area contributed by atoms with Crippen LogP contribution in [0.5, 0.6) is 0 Å². The molecular formula is C16H20N2S. The van der Waals surface area contributed by atoms with Gasteiger partial charge in [0.2, 0.25) is 0 Å². The van der Waals surface area contributed by atoms with Crippen molar-refractivity contribution in [2.75, 3.05) is 6.54 Å². The number of nitrogens with one attached hydrogen (secondary N) is 1. The maximum absolute atomic E-state index is 3.67. The maximum Gasteiger partial charge on any atom is 0.0257 e. The molecule has 19 heavy (non-hydrogen) atoms. The first kappa shape index (κ1) is 12.7. The average Bonchev–Trinajstić information content (AvgIpc) is 3.23. The molecule has 100 valence electrons. The number of hydrogen-bond donors (Lipinski definition) is 1. The predicted molar refractivity (Wildman–Crippen MR) is 81.8 cm³/mol. The zero-order valence-corrected chi connectivity index (χ0v) is 12.1. The lowest BCUT2D eigenvalue weighted by atomic mass is 10.3. The zero-order valence-electron chi connectivity index (χ0n) is 11.3. The number of rotatable bonds is 5. The summed E-state index contributed by atoms with van der Waals surface area (Å²) >= 11 is 0. The van der Waals surface area contributed by atoms with Crippen LogP contribution in [0.15, 0.2) is 70.5 Å². The molecule has 2 nitrogen and oxygen atoms in total. The minimum absolute atomic E-state index is 1.12. The number of unbranched alkanes of at least 4 members (excludes halogenated alkanes) is 1. The van der Waals surface area contributed by atoms with Crippen LogP contribution in [0.25, 0.3) is 0 Å². The summed E-state index contributed by atoms with van der Waals surface area (Å²) in [5, 5.41) is 0. The Balaban J connectivity index is 1.95. The van der Waals surface area contributed by atoms with Crippen molar-refractivity contribution in [2.45, 2.75) is 29.6 Å². The van der Waals surface area contributed by atoms with Crippen molar-refractivity contribution in [1.82, 2.24) is 9.25 Å². The summed E-state index contributed by atoms with van der Waals surface area (Å²) in [6.07, 6.45) is 2.47. The molecule has 0 saturated carbocycles. The summed E-state index contributed by atoms with van der Waals surface area (Å²) in [5.74, 6) is 0. The molecule has 1 atom stereocenters. The van der Waals surface area contributed by atoms with Crippen molar-refractivity contribution in [3.8, 4) is 0 Å². The molecule has 1 aliphatic rings. The average molecular weight is 272 g/mol. The summed E-state index contributed by atoms with van der Waals surface area (Å²) in [4.78, 5) is 6.47. The Bertz CT molecular complexity index is 487. The van der Waals surface area contributed by atoms with Gasteiger partial charge in [0.25, 0.3) is 0 Å². The van der Waals surface area contributed by atoms with E-state index in [1.165, 1.54) is 22.6 Å². The van der Waals surface area contributed by atoms with Gasteiger partial charge in [-0.15, -0.1) is 0 Å². The largest absolute Gasteiger partial charge is 0.185 e. The molecule has 1 fully saturated rings. The monoisotopic (exact) mass is 272 g/mol. The molecule has 0 amide bonds. The van der Waals surface area contributed by atoms with Gasteiger partial charge in [-0.3, -0.25) is 0 Å². The molecule has 0 aromatic heterocycles. The summed E-state index contributed by atoms with van der Waals surface area (Å²) in [7, 11) is -1.12.